The van der Waals surface area contributed by atoms with Crippen LogP contribution in [0.1, 0.15) is 16.7 Å². The number of carbonyl (C=O) groups is 1. The van der Waals surface area contributed by atoms with E-state index in [1.165, 1.54) is 16.8 Å². The van der Waals surface area contributed by atoms with E-state index in [0.29, 0.717) is 11.5 Å². The normalized spacial score (nSPS) is 10.9. The number of fused-ring (bicyclic) bond motifs is 1. The number of hydrogen-bond donors (Lipinski definition) is 1. The molecule has 0 saturated heterocycles. The molecule has 164 valence electrons. The van der Waals surface area contributed by atoms with Crippen molar-refractivity contribution in [3.63, 3.8) is 0 Å². The third kappa shape index (κ3) is 4.18. The largest absolute Gasteiger partial charge is 0.497 e. The van der Waals surface area contributed by atoms with Gasteiger partial charge in [-0.2, -0.15) is 0 Å². The number of aromatic nitrogens is 4. The Hall–Kier alpha value is -4.14. The lowest BCUT2D eigenvalue weighted by Crippen LogP contribution is -2.28. The van der Waals surface area contributed by atoms with Crippen LogP contribution in [0.2, 0.25) is 0 Å². The highest BCUT2D eigenvalue weighted by molar-refractivity contribution is 5.92. The Morgan fingerprint density at radius 1 is 1.09 bits per heavy atom. The second-order valence-electron chi connectivity index (χ2n) is 7.47. The van der Waals surface area contributed by atoms with Gasteiger partial charge in [0.25, 0.3) is 5.88 Å². The van der Waals surface area contributed by atoms with Gasteiger partial charge >= 0.3 is 5.69 Å². The number of anilines is 1. The molecule has 2 aromatic heterocycles. The summed E-state index contributed by atoms with van der Waals surface area (Å²) in [6, 6.07) is 11.0. The SMILES string of the molecule is COc1cccc(Oc2nccn3c(=O)n(CC(=O)Nc4c(C)cc(C)cc4C)nc23)c1. The first-order chi connectivity index (χ1) is 15.4. The minimum Gasteiger partial charge on any atom is -0.497 e. The van der Waals surface area contributed by atoms with Crippen LogP contribution in [-0.2, 0) is 11.3 Å². The number of hydrogen-bond acceptors (Lipinski definition) is 6. The Kier molecular flexibility index (Phi) is 5.63. The first-order valence-corrected chi connectivity index (χ1v) is 9.99. The lowest BCUT2D eigenvalue weighted by molar-refractivity contribution is -0.117. The zero-order valence-corrected chi connectivity index (χ0v) is 18.2. The molecular weight excluding hydrogens is 410 g/mol. The van der Waals surface area contributed by atoms with Gasteiger partial charge in [-0.1, -0.05) is 23.8 Å². The van der Waals surface area contributed by atoms with Crippen molar-refractivity contribution in [3.8, 4) is 17.4 Å². The van der Waals surface area contributed by atoms with Crippen LogP contribution < -0.4 is 20.5 Å². The molecular formula is C23H23N5O4. The number of rotatable bonds is 6. The molecule has 4 aromatic rings. The number of amides is 1. The highest BCUT2D eigenvalue weighted by Gasteiger charge is 2.17. The summed E-state index contributed by atoms with van der Waals surface area (Å²) >= 11 is 0. The van der Waals surface area contributed by atoms with Crippen molar-refractivity contribution >= 4 is 17.2 Å². The second-order valence-corrected chi connectivity index (χ2v) is 7.47. The lowest BCUT2D eigenvalue weighted by Gasteiger charge is -2.12. The van der Waals surface area contributed by atoms with E-state index >= 15 is 0 Å². The molecule has 0 spiro atoms. The fourth-order valence-corrected chi connectivity index (χ4v) is 3.57. The highest BCUT2D eigenvalue weighted by Crippen LogP contribution is 2.25. The summed E-state index contributed by atoms with van der Waals surface area (Å²) in [6.07, 6.45) is 2.92. The quantitative estimate of drug-likeness (QED) is 0.501. The monoisotopic (exact) mass is 433 g/mol. The first-order valence-electron chi connectivity index (χ1n) is 9.99. The van der Waals surface area contributed by atoms with Gasteiger partial charge in [-0.05, 0) is 44.0 Å². The molecule has 32 heavy (non-hydrogen) atoms. The zero-order valence-electron chi connectivity index (χ0n) is 18.2. The molecule has 2 heterocycles. The van der Waals surface area contributed by atoms with E-state index in [0.717, 1.165) is 27.1 Å². The molecule has 0 aliphatic heterocycles. The average molecular weight is 433 g/mol. The van der Waals surface area contributed by atoms with E-state index in [1.54, 1.807) is 31.4 Å². The summed E-state index contributed by atoms with van der Waals surface area (Å²) in [5.74, 6) is 0.891. The summed E-state index contributed by atoms with van der Waals surface area (Å²) in [5.41, 5.74) is 3.50. The van der Waals surface area contributed by atoms with Gasteiger partial charge in [-0.15, -0.1) is 5.10 Å². The number of nitrogens with zero attached hydrogens (tertiary/aromatic N) is 4. The summed E-state index contributed by atoms with van der Waals surface area (Å²) in [4.78, 5) is 29.6. The predicted molar refractivity (Wildman–Crippen MR) is 120 cm³/mol. The Morgan fingerprint density at radius 2 is 1.81 bits per heavy atom. The maximum atomic E-state index is 12.8. The van der Waals surface area contributed by atoms with Crippen molar-refractivity contribution in [1.29, 1.82) is 0 Å². The third-order valence-electron chi connectivity index (χ3n) is 4.96. The Bertz CT molecular complexity index is 1350. The van der Waals surface area contributed by atoms with Gasteiger partial charge in [0.15, 0.2) is 0 Å². The van der Waals surface area contributed by atoms with Gasteiger partial charge in [-0.25, -0.2) is 18.9 Å². The van der Waals surface area contributed by atoms with Crippen molar-refractivity contribution in [3.05, 3.63) is 76.0 Å². The molecule has 0 unspecified atom stereocenters. The molecule has 1 amide bonds. The number of benzene rings is 2. The van der Waals surface area contributed by atoms with E-state index in [9.17, 15) is 9.59 Å². The van der Waals surface area contributed by atoms with Crippen LogP contribution in [0.4, 0.5) is 5.69 Å². The van der Waals surface area contributed by atoms with Gasteiger partial charge in [0, 0.05) is 24.1 Å². The van der Waals surface area contributed by atoms with Gasteiger partial charge in [-0.3, -0.25) is 4.79 Å². The van der Waals surface area contributed by atoms with E-state index in [1.807, 2.05) is 32.9 Å². The fourth-order valence-electron chi connectivity index (χ4n) is 3.57. The summed E-state index contributed by atoms with van der Waals surface area (Å²) in [6.45, 7) is 5.62. The Morgan fingerprint density at radius 3 is 2.53 bits per heavy atom. The van der Waals surface area contributed by atoms with E-state index in [2.05, 4.69) is 15.4 Å². The smallest absolute Gasteiger partial charge is 0.351 e. The van der Waals surface area contributed by atoms with Crippen LogP contribution in [0.25, 0.3) is 5.65 Å². The third-order valence-corrected chi connectivity index (χ3v) is 4.96. The molecule has 0 aliphatic rings. The first kappa shape index (κ1) is 21.1. The molecule has 0 atom stereocenters. The molecule has 1 N–H and O–H groups in total. The molecule has 0 bridgehead atoms. The standard InChI is InChI=1S/C23H23N5O4/c1-14-10-15(2)20(16(3)11-14)25-19(29)13-28-23(30)27-9-8-24-22(21(27)26-28)32-18-7-5-6-17(12-18)31-4/h5-12H,13H2,1-4H3,(H,25,29). The minimum atomic E-state index is -0.467. The van der Waals surface area contributed by atoms with Crippen LogP contribution in [-0.4, -0.2) is 32.2 Å². The number of methoxy groups -OCH3 is 1. The lowest BCUT2D eigenvalue weighted by atomic mass is 10.1. The molecule has 0 fully saturated rings. The van der Waals surface area contributed by atoms with Crippen LogP contribution in [0.5, 0.6) is 17.4 Å². The molecule has 0 aliphatic carbocycles. The molecule has 0 radical (unpaired) electrons. The van der Waals surface area contributed by atoms with Gasteiger partial charge in [0.2, 0.25) is 11.6 Å². The second kappa shape index (κ2) is 8.54. The number of ether oxygens (including phenoxy) is 2. The highest BCUT2D eigenvalue weighted by atomic mass is 16.5. The molecule has 0 saturated carbocycles. The van der Waals surface area contributed by atoms with Crippen LogP contribution in [0.15, 0.2) is 53.6 Å². The van der Waals surface area contributed by atoms with Gasteiger partial charge < -0.3 is 14.8 Å². The van der Waals surface area contributed by atoms with Crippen molar-refractivity contribution in [2.75, 3.05) is 12.4 Å². The number of nitrogens with one attached hydrogen (secondary N) is 1. The zero-order chi connectivity index (χ0) is 22.8. The predicted octanol–water partition coefficient (Wildman–Crippen LogP) is 3.26. The van der Waals surface area contributed by atoms with Gasteiger partial charge in [0.05, 0.1) is 7.11 Å². The van der Waals surface area contributed by atoms with Crippen LogP contribution in [0, 0.1) is 20.8 Å². The van der Waals surface area contributed by atoms with Gasteiger partial charge in [0.1, 0.15) is 18.0 Å². The van der Waals surface area contributed by atoms with Crippen molar-refractivity contribution in [2.24, 2.45) is 0 Å². The topological polar surface area (TPSA) is 99.8 Å². The summed E-state index contributed by atoms with van der Waals surface area (Å²) in [7, 11) is 1.56. The molecule has 4 rings (SSSR count). The molecule has 9 nitrogen and oxygen atoms in total. The van der Waals surface area contributed by atoms with E-state index in [-0.39, 0.29) is 24.0 Å². The fraction of sp³-hybridized carbons (Fsp3) is 0.217. The molecule has 9 heteroatoms. The van der Waals surface area contributed by atoms with Crippen LogP contribution in [0.3, 0.4) is 0 Å². The van der Waals surface area contributed by atoms with Crippen molar-refractivity contribution in [2.45, 2.75) is 27.3 Å². The maximum Gasteiger partial charge on any atom is 0.351 e. The van der Waals surface area contributed by atoms with E-state index in [4.69, 9.17) is 9.47 Å². The van der Waals surface area contributed by atoms with Crippen molar-refractivity contribution < 1.29 is 14.3 Å². The molecule has 2 aromatic carbocycles. The number of carbonyl (C=O) groups excluding carboxylic acids is 1. The maximum absolute atomic E-state index is 12.8. The van der Waals surface area contributed by atoms with Crippen molar-refractivity contribution in [1.82, 2.24) is 19.2 Å². The Labute approximate surface area is 184 Å². The minimum absolute atomic E-state index is 0.141. The average Bonchev–Trinajstić information content (AvgIpc) is 3.07. The summed E-state index contributed by atoms with van der Waals surface area (Å²) < 4.78 is 13.4. The number of aryl methyl sites for hydroxylation is 3. The van der Waals surface area contributed by atoms with Crippen LogP contribution >= 0.6 is 0 Å². The summed E-state index contributed by atoms with van der Waals surface area (Å²) in [5, 5.41) is 7.16. The Balaban J connectivity index is 1.60. The van der Waals surface area contributed by atoms with E-state index < -0.39 is 5.69 Å².